The molecule has 2 heterocycles. The van der Waals surface area contributed by atoms with Crippen LogP contribution in [0, 0.1) is 13.8 Å². The molecule has 0 atom stereocenters. The van der Waals surface area contributed by atoms with Crippen molar-refractivity contribution in [1.29, 1.82) is 0 Å². The molecule has 4 aromatic rings. The average Bonchev–Trinajstić information content (AvgIpc) is 3.14. The maximum Gasteiger partial charge on any atom is 0.249 e. The van der Waals surface area contributed by atoms with Crippen LogP contribution < -0.4 is 10.1 Å². The monoisotopic (exact) mass is 466 g/mol. The number of rotatable bonds is 5. The van der Waals surface area contributed by atoms with Crippen LogP contribution in [0.1, 0.15) is 16.8 Å². The highest BCUT2D eigenvalue weighted by Crippen LogP contribution is 2.28. The van der Waals surface area contributed by atoms with Crippen LogP contribution in [0.5, 0.6) is 5.75 Å². The Kier molecular flexibility index (Phi) is 6.17. The van der Waals surface area contributed by atoms with E-state index in [2.05, 4.69) is 10.4 Å². The van der Waals surface area contributed by atoms with E-state index in [0.717, 1.165) is 27.7 Å². The number of fused-ring (bicyclic) bond motifs is 1. The van der Waals surface area contributed by atoms with Crippen LogP contribution in [0.4, 0.5) is 5.82 Å². The number of amides is 1. The first kappa shape index (κ1) is 21.9. The normalized spacial score (nSPS) is 11.3. The summed E-state index contributed by atoms with van der Waals surface area (Å²) in [7, 11) is 1.61. The molecule has 0 bridgehead atoms. The number of hydrogen-bond donors (Lipinski definition) is 1. The third-order valence-electron chi connectivity index (χ3n) is 4.89. The van der Waals surface area contributed by atoms with Gasteiger partial charge < -0.3 is 10.1 Å². The van der Waals surface area contributed by atoms with Crippen molar-refractivity contribution in [3.8, 4) is 11.6 Å². The van der Waals surface area contributed by atoms with Crippen molar-refractivity contribution in [2.75, 3.05) is 12.4 Å². The Morgan fingerprint density at radius 2 is 1.91 bits per heavy atom. The lowest BCUT2D eigenvalue weighted by Gasteiger charge is -2.11. The second-order valence-corrected chi connectivity index (χ2v) is 8.05. The number of carbonyl (C=O) groups is 1. The average molecular weight is 467 g/mol. The van der Waals surface area contributed by atoms with Crippen molar-refractivity contribution in [3.05, 3.63) is 81.5 Å². The Morgan fingerprint density at radius 1 is 1.09 bits per heavy atom. The molecule has 32 heavy (non-hydrogen) atoms. The molecule has 0 aliphatic heterocycles. The summed E-state index contributed by atoms with van der Waals surface area (Å²) in [5.41, 5.74) is 3.26. The quantitative estimate of drug-likeness (QED) is 0.366. The third-order valence-corrected chi connectivity index (χ3v) is 5.63. The first-order valence-electron chi connectivity index (χ1n) is 9.81. The lowest BCUT2D eigenvalue weighted by molar-refractivity contribution is -0.111. The number of nitrogens with one attached hydrogen (secondary N) is 1. The zero-order valence-corrected chi connectivity index (χ0v) is 19.2. The maximum atomic E-state index is 12.6. The fraction of sp³-hybridized carbons (Fsp3) is 0.125. The van der Waals surface area contributed by atoms with E-state index in [9.17, 15) is 4.79 Å². The molecule has 0 unspecified atom stereocenters. The number of para-hydroxylation sites is 1. The maximum absolute atomic E-state index is 12.6. The van der Waals surface area contributed by atoms with E-state index in [1.54, 1.807) is 42.1 Å². The summed E-state index contributed by atoms with van der Waals surface area (Å²) >= 11 is 12.0. The van der Waals surface area contributed by atoms with Crippen LogP contribution in [-0.4, -0.2) is 27.8 Å². The topological polar surface area (TPSA) is 69.0 Å². The molecule has 1 N–H and O–H groups in total. The highest BCUT2D eigenvalue weighted by molar-refractivity contribution is 6.42. The van der Waals surface area contributed by atoms with Crippen molar-refractivity contribution in [2.24, 2.45) is 0 Å². The second kappa shape index (κ2) is 9.02. The molecule has 0 aliphatic rings. The zero-order valence-electron chi connectivity index (χ0n) is 17.7. The highest BCUT2D eigenvalue weighted by atomic mass is 35.5. The molecule has 1 amide bonds. The van der Waals surface area contributed by atoms with Gasteiger partial charge in [-0.1, -0.05) is 41.4 Å². The summed E-state index contributed by atoms with van der Waals surface area (Å²) in [6, 6.07) is 14.7. The predicted molar refractivity (Wildman–Crippen MR) is 129 cm³/mol. The van der Waals surface area contributed by atoms with Gasteiger partial charge in [-0.05, 0) is 55.3 Å². The standard InChI is InChI=1S/C24H20Cl2N4O2/c1-14-11-21(28-24-17(14)5-4-6-20(24)32-3)30-22(12-15(2)29-30)27-23(31)10-8-16-7-9-18(25)19(26)13-16/h4-13H,1-3H3,(H,27,31)/b10-8+. The first-order valence-corrected chi connectivity index (χ1v) is 10.6. The molecule has 6 nitrogen and oxygen atoms in total. The number of aromatic nitrogens is 3. The fourth-order valence-corrected chi connectivity index (χ4v) is 3.67. The Labute approximate surface area is 195 Å². The van der Waals surface area contributed by atoms with Gasteiger partial charge in [0.05, 0.1) is 22.8 Å². The number of ether oxygens (including phenoxy) is 1. The minimum absolute atomic E-state index is 0.313. The number of pyridine rings is 1. The van der Waals surface area contributed by atoms with E-state index in [0.29, 0.717) is 27.4 Å². The molecule has 162 valence electrons. The summed E-state index contributed by atoms with van der Waals surface area (Å²) in [4.78, 5) is 17.3. The number of halogens is 2. The van der Waals surface area contributed by atoms with Crippen LogP contribution in [0.2, 0.25) is 10.0 Å². The van der Waals surface area contributed by atoms with E-state index in [1.165, 1.54) is 6.08 Å². The van der Waals surface area contributed by atoms with Crippen LogP contribution in [0.25, 0.3) is 22.8 Å². The van der Waals surface area contributed by atoms with Gasteiger partial charge in [0, 0.05) is 17.5 Å². The molecular weight excluding hydrogens is 447 g/mol. The van der Waals surface area contributed by atoms with E-state index in [4.69, 9.17) is 32.9 Å². The van der Waals surface area contributed by atoms with E-state index < -0.39 is 0 Å². The molecule has 0 saturated heterocycles. The lowest BCUT2D eigenvalue weighted by atomic mass is 10.1. The van der Waals surface area contributed by atoms with Crippen molar-refractivity contribution >= 4 is 51.9 Å². The van der Waals surface area contributed by atoms with Gasteiger partial charge in [-0.2, -0.15) is 9.78 Å². The van der Waals surface area contributed by atoms with Gasteiger partial charge in [0.2, 0.25) is 5.91 Å². The molecule has 0 fully saturated rings. The number of anilines is 1. The second-order valence-electron chi connectivity index (χ2n) is 7.23. The van der Waals surface area contributed by atoms with Crippen LogP contribution in [0.15, 0.2) is 54.6 Å². The lowest BCUT2D eigenvalue weighted by Crippen LogP contribution is -2.13. The molecule has 4 rings (SSSR count). The number of benzene rings is 2. The molecule has 2 aromatic carbocycles. The van der Waals surface area contributed by atoms with Gasteiger partial charge in [-0.3, -0.25) is 4.79 Å². The molecule has 0 aliphatic carbocycles. The van der Waals surface area contributed by atoms with Crippen LogP contribution in [-0.2, 0) is 4.79 Å². The zero-order chi connectivity index (χ0) is 22.8. The van der Waals surface area contributed by atoms with Gasteiger partial charge in [0.25, 0.3) is 0 Å². The number of hydrogen-bond acceptors (Lipinski definition) is 4. The predicted octanol–water partition coefficient (Wildman–Crippen LogP) is 6.00. The van der Waals surface area contributed by atoms with E-state index >= 15 is 0 Å². The summed E-state index contributed by atoms with van der Waals surface area (Å²) in [6.07, 6.45) is 3.09. The van der Waals surface area contributed by atoms with E-state index in [1.807, 2.05) is 38.1 Å². The van der Waals surface area contributed by atoms with E-state index in [-0.39, 0.29) is 5.91 Å². The Balaban J connectivity index is 1.65. The number of methoxy groups -OCH3 is 1. The first-order chi connectivity index (χ1) is 15.4. The summed E-state index contributed by atoms with van der Waals surface area (Å²) in [5.74, 6) is 1.45. The molecule has 0 saturated carbocycles. The van der Waals surface area contributed by atoms with Crippen molar-refractivity contribution in [3.63, 3.8) is 0 Å². The van der Waals surface area contributed by atoms with Gasteiger partial charge in [-0.15, -0.1) is 0 Å². The molecule has 0 spiro atoms. The van der Waals surface area contributed by atoms with Gasteiger partial charge in [0.1, 0.15) is 17.1 Å². The van der Waals surface area contributed by atoms with Crippen molar-refractivity contribution in [1.82, 2.24) is 14.8 Å². The minimum Gasteiger partial charge on any atom is -0.494 e. The van der Waals surface area contributed by atoms with Crippen LogP contribution >= 0.6 is 23.2 Å². The summed E-state index contributed by atoms with van der Waals surface area (Å²) < 4.78 is 7.08. The molecule has 8 heteroatoms. The minimum atomic E-state index is -0.313. The van der Waals surface area contributed by atoms with Gasteiger partial charge in [0.15, 0.2) is 5.82 Å². The van der Waals surface area contributed by atoms with Crippen molar-refractivity contribution < 1.29 is 9.53 Å². The number of carbonyl (C=O) groups excluding carboxylic acids is 1. The fourth-order valence-electron chi connectivity index (χ4n) is 3.37. The Morgan fingerprint density at radius 3 is 2.66 bits per heavy atom. The summed E-state index contributed by atoms with van der Waals surface area (Å²) in [5, 5.41) is 9.27. The summed E-state index contributed by atoms with van der Waals surface area (Å²) in [6.45, 7) is 3.85. The third kappa shape index (κ3) is 4.47. The smallest absolute Gasteiger partial charge is 0.249 e. The van der Waals surface area contributed by atoms with Crippen LogP contribution in [0.3, 0.4) is 0 Å². The highest BCUT2D eigenvalue weighted by Gasteiger charge is 2.14. The Bertz CT molecular complexity index is 1360. The van der Waals surface area contributed by atoms with Gasteiger partial charge >= 0.3 is 0 Å². The number of aryl methyl sites for hydroxylation is 2. The largest absolute Gasteiger partial charge is 0.494 e. The van der Waals surface area contributed by atoms with Crippen molar-refractivity contribution in [2.45, 2.75) is 13.8 Å². The molecular formula is C24H20Cl2N4O2. The Hall–Kier alpha value is -3.35. The molecule has 2 aromatic heterocycles. The SMILES string of the molecule is COc1cccc2c(C)cc(-n3nc(C)cc3NC(=O)/C=C/c3ccc(Cl)c(Cl)c3)nc12. The van der Waals surface area contributed by atoms with Gasteiger partial charge in [-0.25, -0.2) is 4.98 Å². The number of nitrogens with zero attached hydrogens (tertiary/aromatic N) is 3. The molecule has 0 radical (unpaired) electrons.